The predicted octanol–water partition coefficient (Wildman–Crippen LogP) is 2.13. The molecule has 0 saturated carbocycles. The molecule has 1 heterocycles. The number of hydrogen-bond acceptors (Lipinski definition) is 2. The van der Waals surface area contributed by atoms with Crippen molar-refractivity contribution in [3.8, 4) is 0 Å². The molecular weight excluding hydrogens is 245 g/mol. The van der Waals surface area contributed by atoms with Gasteiger partial charge in [-0.2, -0.15) is 0 Å². The fourth-order valence-electron chi connectivity index (χ4n) is 2.70. The van der Waals surface area contributed by atoms with Crippen molar-refractivity contribution in [2.75, 3.05) is 13.2 Å². The highest BCUT2D eigenvalue weighted by atomic mass is 19.1. The number of aliphatic hydroxyl groups is 1. The first-order valence-electron chi connectivity index (χ1n) is 6.86. The van der Waals surface area contributed by atoms with E-state index in [0.29, 0.717) is 12.0 Å². The van der Waals surface area contributed by atoms with Gasteiger partial charge in [-0.05, 0) is 37.3 Å². The Kier molecular flexibility index (Phi) is 4.91. The van der Waals surface area contributed by atoms with E-state index in [1.165, 1.54) is 6.07 Å². The minimum atomic E-state index is -0.318. The van der Waals surface area contributed by atoms with Gasteiger partial charge in [-0.15, -0.1) is 0 Å². The first kappa shape index (κ1) is 14.0. The molecule has 4 heteroatoms. The molecule has 0 radical (unpaired) electrons. The summed E-state index contributed by atoms with van der Waals surface area (Å²) < 4.78 is 13.5. The van der Waals surface area contributed by atoms with Crippen molar-refractivity contribution in [2.45, 2.75) is 38.1 Å². The lowest BCUT2D eigenvalue weighted by Crippen LogP contribution is -2.36. The number of rotatable bonds is 5. The van der Waals surface area contributed by atoms with Gasteiger partial charge in [0.05, 0.1) is 6.42 Å². The summed E-state index contributed by atoms with van der Waals surface area (Å²) >= 11 is 0. The molecule has 0 bridgehead atoms. The third-order valence-corrected chi connectivity index (χ3v) is 3.69. The fourth-order valence-corrected chi connectivity index (χ4v) is 2.70. The topological polar surface area (TPSA) is 40.5 Å². The van der Waals surface area contributed by atoms with Crippen molar-refractivity contribution in [3.63, 3.8) is 0 Å². The van der Waals surface area contributed by atoms with E-state index in [9.17, 15) is 9.18 Å². The molecule has 1 saturated heterocycles. The van der Waals surface area contributed by atoms with E-state index in [-0.39, 0.29) is 30.8 Å². The van der Waals surface area contributed by atoms with Crippen LogP contribution in [0.3, 0.4) is 0 Å². The van der Waals surface area contributed by atoms with Gasteiger partial charge >= 0.3 is 0 Å². The lowest BCUT2D eigenvalue weighted by molar-refractivity contribution is -0.131. The van der Waals surface area contributed by atoms with Crippen molar-refractivity contribution >= 4 is 5.91 Å². The van der Waals surface area contributed by atoms with Gasteiger partial charge in [-0.3, -0.25) is 4.79 Å². The van der Waals surface area contributed by atoms with Crippen LogP contribution in [0.4, 0.5) is 4.39 Å². The predicted molar refractivity (Wildman–Crippen MR) is 71.2 cm³/mol. The third-order valence-electron chi connectivity index (χ3n) is 3.69. The second kappa shape index (κ2) is 6.66. The third kappa shape index (κ3) is 3.53. The summed E-state index contributed by atoms with van der Waals surface area (Å²) in [6.45, 7) is 0.912. The van der Waals surface area contributed by atoms with E-state index in [4.69, 9.17) is 5.11 Å². The molecule has 1 aliphatic rings. The summed E-state index contributed by atoms with van der Waals surface area (Å²) in [7, 11) is 0. The van der Waals surface area contributed by atoms with Crippen LogP contribution < -0.4 is 0 Å². The van der Waals surface area contributed by atoms with Gasteiger partial charge in [0.2, 0.25) is 5.91 Å². The van der Waals surface area contributed by atoms with Gasteiger partial charge in [0.25, 0.3) is 0 Å². The molecule has 0 aromatic heterocycles. The van der Waals surface area contributed by atoms with Crippen molar-refractivity contribution in [1.29, 1.82) is 0 Å². The average Bonchev–Trinajstić information content (AvgIpc) is 2.87. The molecular formula is C15H20FNO2. The Hall–Kier alpha value is -1.42. The molecule has 3 nitrogen and oxygen atoms in total. The van der Waals surface area contributed by atoms with Gasteiger partial charge in [0.1, 0.15) is 5.82 Å². The summed E-state index contributed by atoms with van der Waals surface area (Å²) in [5.41, 5.74) is 0.459. The normalized spacial score (nSPS) is 18.8. The largest absolute Gasteiger partial charge is 0.396 e. The van der Waals surface area contributed by atoms with Crippen LogP contribution in [0.25, 0.3) is 0 Å². The molecule has 104 valence electrons. The maximum absolute atomic E-state index is 13.5. The number of hydrogen-bond donors (Lipinski definition) is 1. The van der Waals surface area contributed by atoms with E-state index in [0.717, 1.165) is 25.8 Å². The summed E-state index contributed by atoms with van der Waals surface area (Å²) in [6.07, 6.45) is 3.66. The molecule has 1 aromatic rings. The van der Waals surface area contributed by atoms with Crippen LogP contribution in [0.1, 0.15) is 31.2 Å². The smallest absolute Gasteiger partial charge is 0.227 e. The monoisotopic (exact) mass is 265 g/mol. The van der Waals surface area contributed by atoms with Crippen molar-refractivity contribution < 1.29 is 14.3 Å². The molecule has 1 aliphatic heterocycles. The number of benzene rings is 1. The van der Waals surface area contributed by atoms with E-state index >= 15 is 0 Å². The van der Waals surface area contributed by atoms with Crippen LogP contribution in [0.5, 0.6) is 0 Å². The van der Waals surface area contributed by atoms with Gasteiger partial charge in [0, 0.05) is 19.2 Å². The van der Waals surface area contributed by atoms with Crippen LogP contribution in [0, 0.1) is 5.82 Å². The second-order valence-corrected chi connectivity index (χ2v) is 5.02. The Balaban J connectivity index is 1.97. The zero-order valence-corrected chi connectivity index (χ0v) is 11.0. The van der Waals surface area contributed by atoms with Crippen molar-refractivity contribution in [3.05, 3.63) is 35.6 Å². The van der Waals surface area contributed by atoms with Gasteiger partial charge in [-0.1, -0.05) is 18.2 Å². The highest BCUT2D eigenvalue weighted by Gasteiger charge is 2.28. The molecule has 1 fully saturated rings. The summed E-state index contributed by atoms with van der Waals surface area (Å²) in [5.74, 6) is -0.326. The van der Waals surface area contributed by atoms with Gasteiger partial charge in [0.15, 0.2) is 0 Å². The van der Waals surface area contributed by atoms with Crippen LogP contribution in [-0.2, 0) is 11.2 Å². The maximum atomic E-state index is 13.5. The SMILES string of the molecule is O=C(Cc1ccccc1F)N1CCCC1CCCO. The molecule has 1 unspecified atom stereocenters. The number of likely N-dealkylation sites (tertiary alicyclic amines) is 1. The molecule has 0 spiro atoms. The Bertz CT molecular complexity index is 436. The van der Waals surface area contributed by atoms with Crippen LogP contribution in [-0.4, -0.2) is 35.1 Å². The first-order chi connectivity index (χ1) is 9.22. The molecule has 1 N–H and O–H groups in total. The Morgan fingerprint density at radius 2 is 2.21 bits per heavy atom. The van der Waals surface area contributed by atoms with Gasteiger partial charge < -0.3 is 10.0 Å². The molecule has 2 rings (SSSR count). The molecule has 19 heavy (non-hydrogen) atoms. The summed E-state index contributed by atoms with van der Waals surface area (Å²) in [4.78, 5) is 14.1. The highest BCUT2D eigenvalue weighted by Crippen LogP contribution is 2.22. The Morgan fingerprint density at radius 1 is 1.42 bits per heavy atom. The average molecular weight is 265 g/mol. The molecule has 1 amide bonds. The Labute approximate surface area is 113 Å². The number of carbonyl (C=O) groups is 1. The molecule has 0 aliphatic carbocycles. The zero-order chi connectivity index (χ0) is 13.7. The van der Waals surface area contributed by atoms with Gasteiger partial charge in [-0.25, -0.2) is 4.39 Å². The Morgan fingerprint density at radius 3 is 2.95 bits per heavy atom. The van der Waals surface area contributed by atoms with Crippen LogP contribution >= 0.6 is 0 Å². The van der Waals surface area contributed by atoms with E-state index in [1.54, 1.807) is 18.2 Å². The van der Waals surface area contributed by atoms with Crippen LogP contribution in [0.15, 0.2) is 24.3 Å². The maximum Gasteiger partial charge on any atom is 0.227 e. The number of nitrogens with zero attached hydrogens (tertiary/aromatic N) is 1. The first-order valence-corrected chi connectivity index (χ1v) is 6.86. The minimum absolute atomic E-state index is 0.00876. The standard InChI is InChI=1S/C15H20FNO2/c16-14-8-2-1-5-12(14)11-15(19)17-9-3-6-13(17)7-4-10-18/h1-2,5,8,13,18H,3-4,6-7,9-11H2. The zero-order valence-electron chi connectivity index (χ0n) is 11.0. The molecule has 1 aromatic carbocycles. The lowest BCUT2D eigenvalue weighted by atomic mass is 10.1. The second-order valence-electron chi connectivity index (χ2n) is 5.02. The highest BCUT2D eigenvalue weighted by molar-refractivity contribution is 5.79. The number of aliphatic hydroxyl groups excluding tert-OH is 1. The minimum Gasteiger partial charge on any atom is -0.396 e. The van der Waals surface area contributed by atoms with E-state index in [2.05, 4.69) is 0 Å². The van der Waals surface area contributed by atoms with Crippen LogP contribution in [0.2, 0.25) is 0 Å². The summed E-state index contributed by atoms with van der Waals surface area (Å²) in [6, 6.07) is 6.63. The van der Waals surface area contributed by atoms with Crippen molar-refractivity contribution in [2.24, 2.45) is 0 Å². The quantitative estimate of drug-likeness (QED) is 0.886. The van der Waals surface area contributed by atoms with E-state index in [1.807, 2.05) is 4.90 Å². The number of amides is 1. The van der Waals surface area contributed by atoms with Crippen molar-refractivity contribution in [1.82, 2.24) is 4.90 Å². The number of halogens is 1. The summed E-state index contributed by atoms with van der Waals surface area (Å²) in [5, 5.41) is 8.87. The fraction of sp³-hybridized carbons (Fsp3) is 0.533. The molecule has 1 atom stereocenters. The number of carbonyl (C=O) groups excluding carboxylic acids is 1. The van der Waals surface area contributed by atoms with E-state index < -0.39 is 0 Å². The lowest BCUT2D eigenvalue weighted by Gasteiger charge is -2.24.